The summed E-state index contributed by atoms with van der Waals surface area (Å²) in [5, 5.41) is 6.89. The molecule has 3 heteroatoms. The Bertz CT molecular complexity index is 15.1. The predicted molar refractivity (Wildman–Crippen MR) is 16.5 cm³/mol. The van der Waals surface area contributed by atoms with Crippen LogP contribution in [0.1, 0.15) is 0 Å². The second-order valence-corrected chi connectivity index (χ2v) is 0.105. The van der Waals surface area contributed by atoms with Gasteiger partial charge in [0.15, 0.2) is 0 Å². The van der Waals surface area contributed by atoms with E-state index in [1.807, 2.05) is 0 Å². The van der Waals surface area contributed by atoms with Gasteiger partial charge in [-0.1, -0.05) is 0 Å². The molecule has 0 spiro atoms. The van der Waals surface area contributed by atoms with Gasteiger partial charge in [0.25, 0.3) is 6.47 Å². The van der Waals surface area contributed by atoms with Crippen LogP contribution in [0, 0.1) is 7.43 Å². The molecule has 0 bridgehead atoms. The van der Waals surface area contributed by atoms with Crippen molar-refractivity contribution in [1.29, 1.82) is 0 Å². The minimum absolute atomic E-state index is 0. The van der Waals surface area contributed by atoms with Crippen LogP contribution in [-0.2, 0) is 25.2 Å². The number of carboxylic acid groups (broad SMARTS) is 1. The van der Waals surface area contributed by atoms with Crippen molar-refractivity contribution < 1.29 is 30.3 Å². The fourth-order valence-corrected chi connectivity index (χ4v) is 0. The van der Waals surface area contributed by atoms with Gasteiger partial charge in [-0.3, -0.25) is 4.79 Å². The molecule has 36 valence electrons. The van der Waals surface area contributed by atoms with E-state index in [2.05, 4.69) is 0 Å². The molecule has 0 aliphatic carbocycles. The molecule has 1 radical (unpaired) electrons. The topological polar surface area (TPSA) is 37.3 Å². The summed E-state index contributed by atoms with van der Waals surface area (Å²) < 4.78 is 0. The summed E-state index contributed by atoms with van der Waals surface area (Å²) >= 11 is 0. The fraction of sp³-hybridized carbons (Fsp3) is 0. The molecule has 1 N–H and O–H groups in total. The first kappa shape index (κ1) is 19.3. The first-order valence-electron chi connectivity index (χ1n) is 0.494. The minimum atomic E-state index is -0.250. The molecule has 0 heterocycles. The first-order valence-corrected chi connectivity index (χ1v) is 0.494. The standard InChI is InChI=1S/CH2O2.CH3.Pd.H/c2-1-3;;;/h1H,(H,2,3);1H3;;/q;-1;+1;. The van der Waals surface area contributed by atoms with E-state index in [4.69, 9.17) is 9.90 Å². The van der Waals surface area contributed by atoms with E-state index in [1.54, 1.807) is 0 Å². The van der Waals surface area contributed by atoms with Crippen LogP contribution in [0.5, 0.6) is 0 Å². The Balaban J connectivity index is -0.0000000200. The van der Waals surface area contributed by atoms with Crippen molar-refractivity contribution in [3.63, 3.8) is 0 Å². The van der Waals surface area contributed by atoms with Gasteiger partial charge < -0.3 is 12.5 Å². The summed E-state index contributed by atoms with van der Waals surface area (Å²) in [4.78, 5) is 8.36. The molecule has 0 amide bonds. The number of rotatable bonds is 0. The van der Waals surface area contributed by atoms with Crippen molar-refractivity contribution in [1.82, 2.24) is 0 Å². The van der Waals surface area contributed by atoms with Crippen LogP contribution in [0.4, 0.5) is 0 Å². The molecule has 0 aromatic rings. The van der Waals surface area contributed by atoms with Crippen molar-refractivity contribution >= 4 is 6.47 Å². The van der Waals surface area contributed by atoms with Crippen LogP contribution in [0.25, 0.3) is 0 Å². The van der Waals surface area contributed by atoms with Crippen molar-refractivity contribution in [3.05, 3.63) is 7.43 Å². The third kappa shape index (κ3) is 1070. The molecule has 0 fully saturated rings. The molecule has 0 aliphatic heterocycles. The SMILES string of the molecule is O=CO.[CH3-].[PdH+]. The molecule has 5 heavy (non-hydrogen) atoms. The van der Waals surface area contributed by atoms with Gasteiger partial charge in [-0.15, -0.1) is 0 Å². The van der Waals surface area contributed by atoms with Crippen molar-refractivity contribution in [2.45, 2.75) is 0 Å². The van der Waals surface area contributed by atoms with Gasteiger partial charge in [-0.25, -0.2) is 0 Å². The van der Waals surface area contributed by atoms with Crippen molar-refractivity contribution in [3.8, 4) is 0 Å². The number of hydrogen-bond acceptors (Lipinski definition) is 1. The van der Waals surface area contributed by atoms with Gasteiger partial charge in [0, 0.05) is 0 Å². The Hall–Kier alpha value is 0.132. The van der Waals surface area contributed by atoms with E-state index < -0.39 is 0 Å². The molecule has 0 rings (SSSR count). The zero-order valence-corrected chi connectivity index (χ0v) is 4.40. The van der Waals surface area contributed by atoms with Gasteiger partial charge in [0.05, 0.1) is 0 Å². The van der Waals surface area contributed by atoms with Crippen LogP contribution in [0.2, 0.25) is 0 Å². The van der Waals surface area contributed by atoms with E-state index >= 15 is 0 Å². The second-order valence-electron chi connectivity index (χ2n) is 0.105. The maximum atomic E-state index is 8.36. The van der Waals surface area contributed by atoms with Crippen LogP contribution in [0.3, 0.4) is 0 Å². The van der Waals surface area contributed by atoms with Crippen LogP contribution in [0.15, 0.2) is 0 Å². The summed E-state index contributed by atoms with van der Waals surface area (Å²) in [5.41, 5.74) is 0. The monoisotopic (exact) mass is 168 g/mol. The van der Waals surface area contributed by atoms with Gasteiger partial charge >= 0.3 is 20.4 Å². The molecular formula is C2H6O2Pd. The molecule has 0 aromatic heterocycles. The van der Waals surface area contributed by atoms with Crippen molar-refractivity contribution in [2.24, 2.45) is 0 Å². The van der Waals surface area contributed by atoms with Gasteiger partial charge in [0.1, 0.15) is 0 Å². The van der Waals surface area contributed by atoms with E-state index in [0.29, 0.717) is 0 Å². The van der Waals surface area contributed by atoms with E-state index in [-0.39, 0.29) is 34.3 Å². The Kier molecular flexibility index (Phi) is 122. The molecule has 0 aliphatic rings. The quantitative estimate of drug-likeness (QED) is 0.311. The Morgan fingerprint density at radius 3 is 1.60 bits per heavy atom. The van der Waals surface area contributed by atoms with E-state index in [9.17, 15) is 0 Å². The predicted octanol–water partition coefficient (Wildman–Crippen LogP) is -0.119. The Morgan fingerprint density at radius 1 is 1.60 bits per heavy atom. The Labute approximate surface area is 44.8 Å². The third-order valence-corrected chi connectivity index (χ3v) is 0. The summed E-state index contributed by atoms with van der Waals surface area (Å²) in [7, 11) is 0. The molecule has 0 atom stereocenters. The van der Waals surface area contributed by atoms with Crippen LogP contribution in [-0.4, -0.2) is 11.6 Å². The Morgan fingerprint density at radius 2 is 1.60 bits per heavy atom. The molecule has 0 unspecified atom stereocenters. The molecule has 2 nitrogen and oxygen atoms in total. The summed E-state index contributed by atoms with van der Waals surface area (Å²) in [6.45, 7) is -0.250. The van der Waals surface area contributed by atoms with Gasteiger partial charge in [-0.2, -0.15) is 0 Å². The average molecular weight is 168 g/mol. The summed E-state index contributed by atoms with van der Waals surface area (Å²) in [6.07, 6.45) is 0. The average Bonchev–Trinajstić information content (AvgIpc) is 0.918. The van der Waals surface area contributed by atoms with Gasteiger partial charge in [0.2, 0.25) is 0 Å². The fourth-order valence-electron chi connectivity index (χ4n) is 0. The number of hydrogen-bond donors (Lipinski definition) is 1. The molecular weight excluding hydrogens is 162 g/mol. The zero-order chi connectivity index (χ0) is 2.71. The van der Waals surface area contributed by atoms with Gasteiger partial charge in [-0.05, 0) is 0 Å². The van der Waals surface area contributed by atoms with Crippen LogP contribution >= 0.6 is 0 Å². The van der Waals surface area contributed by atoms with E-state index in [1.165, 1.54) is 0 Å². The maximum absolute atomic E-state index is 8.36. The first-order chi connectivity index (χ1) is 1.41. The van der Waals surface area contributed by atoms with Crippen molar-refractivity contribution in [2.75, 3.05) is 0 Å². The summed E-state index contributed by atoms with van der Waals surface area (Å²) in [5.74, 6) is 0. The molecule has 0 saturated heterocycles. The third-order valence-electron chi connectivity index (χ3n) is 0. The van der Waals surface area contributed by atoms with E-state index in [0.717, 1.165) is 0 Å². The molecule has 0 saturated carbocycles. The zero-order valence-electron chi connectivity index (χ0n) is 2.77. The second kappa shape index (κ2) is 31.6. The van der Waals surface area contributed by atoms with Crippen LogP contribution < -0.4 is 0 Å². The number of carbonyl (C=O) groups is 1. The molecule has 0 aromatic carbocycles. The summed E-state index contributed by atoms with van der Waals surface area (Å²) in [6, 6.07) is 0. The normalized spacial score (nSPS) is 2.40.